The van der Waals surface area contributed by atoms with Crippen molar-refractivity contribution < 1.29 is 28.5 Å². The molecule has 2 aromatic carbocycles. The first-order chi connectivity index (χ1) is 28.4. The molecule has 2 aliphatic rings. The molecule has 4 heterocycles. The van der Waals surface area contributed by atoms with Crippen molar-refractivity contribution in [2.75, 3.05) is 26.2 Å². The number of thiazole rings is 1. The lowest BCUT2D eigenvalue weighted by Crippen LogP contribution is -2.44. The minimum Gasteiger partial charge on any atom is -0.444 e. The first kappa shape index (κ1) is 43.5. The molecule has 0 spiro atoms. The van der Waals surface area contributed by atoms with Gasteiger partial charge in [-0.1, -0.05) is 60.7 Å². The van der Waals surface area contributed by atoms with E-state index in [1.54, 1.807) is 27.3 Å². The average Bonchev–Trinajstić information content (AvgIpc) is 3.93. The molecule has 4 atom stereocenters. The summed E-state index contributed by atoms with van der Waals surface area (Å²) in [4.78, 5) is 45.1. The van der Waals surface area contributed by atoms with Gasteiger partial charge in [-0.25, -0.2) is 19.6 Å². The van der Waals surface area contributed by atoms with Crippen LogP contribution in [0.15, 0.2) is 78.4 Å². The van der Waals surface area contributed by atoms with E-state index in [4.69, 9.17) is 40.5 Å². The van der Waals surface area contributed by atoms with Crippen LogP contribution < -0.4 is 0 Å². The molecule has 1 saturated heterocycles. The number of carbonyl (C=O) groups excluding carboxylic acids is 2. The number of hydrogen-bond acceptors (Lipinski definition) is 10. The van der Waals surface area contributed by atoms with Crippen molar-refractivity contribution >= 4 is 46.2 Å². The summed E-state index contributed by atoms with van der Waals surface area (Å²) in [7, 11) is 0. The van der Waals surface area contributed by atoms with E-state index in [0.29, 0.717) is 51.1 Å². The number of hydrogen-bond donors (Lipinski definition) is 0. The van der Waals surface area contributed by atoms with Crippen molar-refractivity contribution in [3.05, 3.63) is 101 Å². The highest BCUT2D eigenvalue weighted by Gasteiger charge is 2.55. The van der Waals surface area contributed by atoms with Gasteiger partial charge in [-0.15, -0.1) is 11.3 Å². The van der Waals surface area contributed by atoms with Crippen molar-refractivity contribution in [2.45, 2.75) is 116 Å². The summed E-state index contributed by atoms with van der Waals surface area (Å²) in [6, 6.07) is 20.2. The lowest BCUT2D eigenvalue weighted by atomic mass is 10.0. The average molecular weight is 858 g/mol. The molecule has 320 valence electrons. The van der Waals surface area contributed by atoms with Gasteiger partial charge in [0, 0.05) is 67.2 Å². The van der Waals surface area contributed by atoms with Gasteiger partial charge in [-0.2, -0.15) is 4.98 Å². The first-order valence-corrected chi connectivity index (χ1v) is 22.0. The van der Waals surface area contributed by atoms with Gasteiger partial charge in [-0.3, -0.25) is 0 Å². The van der Waals surface area contributed by atoms with Crippen LogP contribution in [0.3, 0.4) is 0 Å². The van der Waals surface area contributed by atoms with Gasteiger partial charge in [0.2, 0.25) is 5.28 Å². The van der Waals surface area contributed by atoms with E-state index in [0.717, 1.165) is 33.6 Å². The van der Waals surface area contributed by atoms with E-state index in [-0.39, 0.29) is 35.5 Å². The summed E-state index contributed by atoms with van der Waals surface area (Å²) in [5.41, 5.74) is 3.56. The maximum absolute atomic E-state index is 14.0. The summed E-state index contributed by atoms with van der Waals surface area (Å²) in [6.07, 6.45) is 4.95. The third kappa shape index (κ3) is 10.8. The Hall–Kier alpha value is -4.56. The number of amides is 2. The van der Waals surface area contributed by atoms with E-state index in [1.807, 2.05) is 91.8 Å². The zero-order valence-corrected chi connectivity index (χ0v) is 37.5. The number of halogens is 1. The Morgan fingerprint density at radius 1 is 0.867 bits per heavy atom. The van der Waals surface area contributed by atoms with Crippen molar-refractivity contribution in [2.24, 2.45) is 5.92 Å². The maximum Gasteiger partial charge on any atom is 0.410 e. The molecule has 3 aromatic heterocycles. The molecule has 0 bridgehead atoms. The quantitative estimate of drug-likeness (QED) is 0.107. The van der Waals surface area contributed by atoms with Crippen LogP contribution >= 0.6 is 22.9 Å². The monoisotopic (exact) mass is 856 g/mol. The predicted molar refractivity (Wildman–Crippen MR) is 234 cm³/mol. The molecule has 7 rings (SSSR count). The summed E-state index contributed by atoms with van der Waals surface area (Å²) >= 11 is 8.05. The number of fused-ring (bicyclic) bond motifs is 2. The molecule has 0 unspecified atom stereocenters. The van der Waals surface area contributed by atoms with Crippen LogP contribution in [0.25, 0.3) is 21.6 Å². The maximum atomic E-state index is 14.0. The molecule has 12 nitrogen and oxygen atoms in total. The number of benzene rings is 2. The van der Waals surface area contributed by atoms with Gasteiger partial charge in [-0.05, 0) is 97.4 Å². The van der Waals surface area contributed by atoms with Crippen LogP contribution in [0, 0.1) is 5.92 Å². The minimum absolute atomic E-state index is 0.120. The van der Waals surface area contributed by atoms with E-state index >= 15 is 0 Å². The number of ether oxygens (including phenoxy) is 4. The molecule has 0 radical (unpaired) electrons. The SMILES string of the molecule is CC(C)(C)OC(=O)N(CCCN(C[C@H]1C[C@@H](n2cc(-c3nc(Cc4ccccc4)cs3)c3cnc(Cl)nc32)[C@@H]2OC(C)(C)O[C@H]12)C(=O)OC(C)(C)C)CCc1ccccc1. The molecular weight excluding hydrogens is 800 g/mol. The fourth-order valence-corrected chi connectivity index (χ4v) is 9.08. The van der Waals surface area contributed by atoms with Crippen molar-refractivity contribution in [1.29, 1.82) is 0 Å². The second-order valence-electron chi connectivity index (χ2n) is 18.2. The highest BCUT2D eigenvalue weighted by Crippen LogP contribution is 2.49. The fraction of sp³-hybridized carbons (Fsp3) is 0.500. The number of carbonyl (C=O) groups is 2. The van der Waals surface area contributed by atoms with Crippen LogP contribution in [0.1, 0.15) is 91.1 Å². The molecule has 2 fully saturated rings. The zero-order chi connectivity index (χ0) is 42.8. The van der Waals surface area contributed by atoms with Crippen molar-refractivity contribution in [3.8, 4) is 10.6 Å². The van der Waals surface area contributed by atoms with Crippen LogP contribution in [0.5, 0.6) is 0 Å². The van der Waals surface area contributed by atoms with E-state index in [9.17, 15) is 9.59 Å². The predicted octanol–water partition coefficient (Wildman–Crippen LogP) is 9.99. The second-order valence-corrected chi connectivity index (χ2v) is 19.4. The lowest BCUT2D eigenvalue weighted by molar-refractivity contribution is -0.160. The summed E-state index contributed by atoms with van der Waals surface area (Å²) in [5.74, 6) is -0.972. The second kappa shape index (κ2) is 17.8. The number of rotatable bonds is 13. The molecule has 1 saturated carbocycles. The van der Waals surface area contributed by atoms with Crippen molar-refractivity contribution in [1.82, 2.24) is 29.3 Å². The van der Waals surface area contributed by atoms with Gasteiger partial charge in [0.1, 0.15) is 28.0 Å². The third-order valence-corrected chi connectivity index (χ3v) is 11.7. The smallest absolute Gasteiger partial charge is 0.410 e. The molecular formula is C46H57ClN6O6S. The Kier molecular flexibility index (Phi) is 12.9. The molecule has 2 amide bonds. The number of nitrogens with zero attached hydrogens (tertiary/aromatic N) is 6. The Morgan fingerprint density at radius 2 is 1.48 bits per heavy atom. The number of aromatic nitrogens is 4. The molecule has 60 heavy (non-hydrogen) atoms. The standard InChI is InChI=1S/C46H57ClN6O6S/c1-44(2,3)58-42(54)51(23-20-30-16-11-9-12-17-30)21-15-22-52(43(55)59-45(4,5)6)27-32-25-36(38-37(32)56-46(7,8)57-38)53-28-35(34-26-48-41(47)50-39(34)53)40-49-33(29-60-40)24-31-18-13-10-14-19-31/h9-14,16-19,26,28-29,32,36-38H,15,20-25,27H2,1-8H3/t32-,36-,37-,38+/m1/s1. The molecule has 0 N–H and O–H groups in total. The van der Waals surface area contributed by atoms with E-state index in [2.05, 4.69) is 45.4 Å². The topological polar surface area (TPSA) is 121 Å². The van der Waals surface area contributed by atoms with Gasteiger partial charge in [0.25, 0.3) is 0 Å². The Balaban J connectivity index is 1.14. The van der Waals surface area contributed by atoms with Crippen LogP contribution in [0.4, 0.5) is 9.59 Å². The molecule has 1 aliphatic heterocycles. The molecule has 1 aliphatic carbocycles. The normalized spacial score (nSPS) is 19.9. The fourth-order valence-electron chi connectivity index (χ4n) is 8.11. The van der Waals surface area contributed by atoms with E-state index in [1.165, 1.54) is 5.56 Å². The molecule has 14 heteroatoms. The highest BCUT2D eigenvalue weighted by atomic mass is 35.5. The highest BCUT2D eigenvalue weighted by molar-refractivity contribution is 7.13. The Morgan fingerprint density at radius 3 is 2.15 bits per heavy atom. The summed E-state index contributed by atoms with van der Waals surface area (Å²) in [5, 5.41) is 3.95. The van der Waals surface area contributed by atoms with Crippen LogP contribution in [0.2, 0.25) is 5.28 Å². The largest absolute Gasteiger partial charge is 0.444 e. The third-order valence-electron chi connectivity index (χ3n) is 10.6. The van der Waals surface area contributed by atoms with Crippen molar-refractivity contribution in [3.63, 3.8) is 0 Å². The van der Waals surface area contributed by atoms with Gasteiger partial charge in [0.15, 0.2) is 5.79 Å². The first-order valence-electron chi connectivity index (χ1n) is 20.8. The van der Waals surface area contributed by atoms with Crippen LogP contribution in [-0.4, -0.2) is 96.9 Å². The Labute approximate surface area is 362 Å². The summed E-state index contributed by atoms with van der Waals surface area (Å²) in [6.45, 7) is 16.6. The Bertz CT molecular complexity index is 2250. The zero-order valence-electron chi connectivity index (χ0n) is 35.9. The lowest BCUT2D eigenvalue weighted by Gasteiger charge is -2.32. The van der Waals surface area contributed by atoms with Gasteiger partial charge in [0.05, 0.1) is 17.8 Å². The minimum atomic E-state index is -0.851. The van der Waals surface area contributed by atoms with Gasteiger partial charge < -0.3 is 33.3 Å². The summed E-state index contributed by atoms with van der Waals surface area (Å²) < 4.78 is 27.3. The van der Waals surface area contributed by atoms with E-state index < -0.39 is 23.1 Å². The molecule has 5 aromatic rings. The van der Waals surface area contributed by atoms with Gasteiger partial charge >= 0.3 is 12.2 Å². The van der Waals surface area contributed by atoms with Crippen LogP contribution in [-0.2, 0) is 31.8 Å².